The fraction of sp³-hybridized carbons (Fsp3) is 0.600. The van der Waals surface area contributed by atoms with Crippen molar-refractivity contribution in [2.24, 2.45) is 0 Å². The van der Waals surface area contributed by atoms with Crippen molar-refractivity contribution in [3.63, 3.8) is 0 Å². The average molecular weight is 265 g/mol. The molecular weight excluding hydrogens is 242 g/mol. The molecule has 1 aliphatic heterocycles. The minimum absolute atomic E-state index is 0.305. The first kappa shape index (κ1) is 14.2. The van der Waals surface area contributed by atoms with Crippen LogP contribution < -0.4 is 14.8 Å². The van der Waals surface area contributed by atoms with Gasteiger partial charge in [-0.25, -0.2) is 0 Å². The molecule has 0 saturated heterocycles. The zero-order valence-corrected chi connectivity index (χ0v) is 11.9. The number of ether oxygens (including phenoxy) is 3. The van der Waals surface area contributed by atoms with E-state index in [2.05, 4.69) is 18.3 Å². The maximum Gasteiger partial charge on any atom is 0.124 e. The number of fused-ring (bicyclic) bond motifs is 1. The number of benzene rings is 1. The van der Waals surface area contributed by atoms with Gasteiger partial charge < -0.3 is 19.5 Å². The molecule has 2 unspecified atom stereocenters. The molecule has 4 nitrogen and oxygen atoms in total. The van der Waals surface area contributed by atoms with Gasteiger partial charge in [-0.3, -0.25) is 0 Å². The lowest BCUT2D eigenvalue weighted by atomic mass is 9.99. The molecule has 19 heavy (non-hydrogen) atoms. The minimum atomic E-state index is 0.305. The maximum atomic E-state index is 5.70. The van der Waals surface area contributed by atoms with Crippen molar-refractivity contribution in [2.45, 2.75) is 31.8 Å². The lowest BCUT2D eigenvalue weighted by Gasteiger charge is -2.30. The summed E-state index contributed by atoms with van der Waals surface area (Å²) < 4.78 is 16.3. The van der Waals surface area contributed by atoms with Gasteiger partial charge in [-0.2, -0.15) is 0 Å². The maximum absolute atomic E-state index is 5.70. The van der Waals surface area contributed by atoms with E-state index in [0.29, 0.717) is 12.1 Å². The van der Waals surface area contributed by atoms with Crippen molar-refractivity contribution < 1.29 is 14.2 Å². The van der Waals surface area contributed by atoms with E-state index in [0.717, 1.165) is 37.6 Å². The van der Waals surface area contributed by atoms with Crippen molar-refractivity contribution in [3.8, 4) is 11.5 Å². The highest BCUT2D eigenvalue weighted by atomic mass is 16.5. The number of nitrogens with one attached hydrogen (secondary N) is 1. The first-order chi connectivity index (χ1) is 9.28. The molecule has 2 rings (SSSR count). The fourth-order valence-corrected chi connectivity index (χ4v) is 2.44. The lowest BCUT2D eigenvalue weighted by Crippen LogP contribution is -2.37. The second-order valence-corrected chi connectivity index (χ2v) is 4.82. The summed E-state index contributed by atoms with van der Waals surface area (Å²) in [6.45, 7) is 3.65. The number of hydrogen-bond acceptors (Lipinski definition) is 4. The van der Waals surface area contributed by atoms with E-state index in [1.54, 1.807) is 14.2 Å². The van der Waals surface area contributed by atoms with Gasteiger partial charge in [-0.05, 0) is 24.6 Å². The average Bonchev–Trinajstić information content (AvgIpc) is 2.46. The number of hydrogen-bond donors (Lipinski definition) is 1. The van der Waals surface area contributed by atoms with E-state index in [1.165, 1.54) is 5.56 Å². The highest BCUT2D eigenvalue weighted by Crippen LogP contribution is 2.35. The normalized spacial score (nSPS) is 19.4. The summed E-state index contributed by atoms with van der Waals surface area (Å²) in [5, 5.41) is 3.65. The van der Waals surface area contributed by atoms with Gasteiger partial charge >= 0.3 is 0 Å². The molecule has 0 bridgehead atoms. The topological polar surface area (TPSA) is 39.7 Å². The molecule has 1 aliphatic rings. The molecule has 2 atom stereocenters. The van der Waals surface area contributed by atoms with Crippen LogP contribution in [-0.2, 0) is 4.74 Å². The zero-order chi connectivity index (χ0) is 13.7. The van der Waals surface area contributed by atoms with Gasteiger partial charge in [-0.1, -0.05) is 6.92 Å². The Hall–Kier alpha value is -1.26. The van der Waals surface area contributed by atoms with Gasteiger partial charge in [-0.15, -0.1) is 0 Å². The molecule has 1 aromatic carbocycles. The molecule has 0 aliphatic carbocycles. The quantitative estimate of drug-likeness (QED) is 0.858. The second kappa shape index (κ2) is 6.78. The van der Waals surface area contributed by atoms with E-state index in [9.17, 15) is 0 Å². The molecule has 0 fully saturated rings. The Balaban J connectivity index is 2.15. The highest BCUT2D eigenvalue weighted by molar-refractivity contribution is 5.43. The van der Waals surface area contributed by atoms with Crippen LogP contribution in [0.3, 0.4) is 0 Å². The molecule has 0 aromatic heterocycles. The Morgan fingerprint density at radius 3 is 2.95 bits per heavy atom. The third-order valence-corrected chi connectivity index (χ3v) is 3.55. The van der Waals surface area contributed by atoms with Crippen LogP contribution >= 0.6 is 0 Å². The molecule has 106 valence electrons. The van der Waals surface area contributed by atoms with Gasteiger partial charge in [0.25, 0.3) is 0 Å². The van der Waals surface area contributed by atoms with E-state index in [-0.39, 0.29) is 0 Å². The van der Waals surface area contributed by atoms with Crippen LogP contribution in [0.5, 0.6) is 11.5 Å². The Kier molecular flexibility index (Phi) is 5.05. The summed E-state index contributed by atoms with van der Waals surface area (Å²) in [6, 6.07) is 6.66. The van der Waals surface area contributed by atoms with Gasteiger partial charge in [0.1, 0.15) is 11.5 Å². The van der Waals surface area contributed by atoms with Crippen LogP contribution in [0.2, 0.25) is 0 Å². The predicted octanol–water partition coefficient (Wildman–Crippen LogP) is 2.53. The van der Waals surface area contributed by atoms with Crippen LogP contribution in [0.15, 0.2) is 18.2 Å². The Bertz CT molecular complexity index is 408. The van der Waals surface area contributed by atoms with Crippen molar-refractivity contribution in [1.82, 2.24) is 5.32 Å². The van der Waals surface area contributed by atoms with E-state index < -0.39 is 0 Å². The van der Waals surface area contributed by atoms with Gasteiger partial charge in [0, 0.05) is 31.2 Å². The number of methoxy groups -OCH3 is 2. The van der Waals surface area contributed by atoms with Crippen LogP contribution in [0, 0.1) is 0 Å². The van der Waals surface area contributed by atoms with E-state index >= 15 is 0 Å². The van der Waals surface area contributed by atoms with Crippen molar-refractivity contribution >= 4 is 0 Å². The Morgan fingerprint density at radius 1 is 1.42 bits per heavy atom. The van der Waals surface area contributed by atoms with Crippen LogP contribution in [0.25, 0.3) is 0 Å². The Morgan fingerprint density at radius 2 is 2.26 bits per heavy atom. The Labute approximate surface area is 115 Å². The first-order valence-electron chi connectivity index (χ1n) is 6.84. The van der Waals surface area contributed by atoms with Gasteiger partial charge in [0.05, 0.1) is 20.3 Å². The van der Waals surface area contributed by atoms with Gasteiger partial charge in [0.2, 0.25) is 0 Å². The zero-order valence-electron chi connectivity index (χ0n) is 11.9. The fourth-order valence-electron chi connectivity index (χ4n) is 2.44. The van der Waals surface area contributed by atoms with Crippen molar-refractivity contribution in [2.75, 3.05) is 27.4 Å². The van der Waals surface area contributed by atoms with Crippen LogP contribution in [-0.4, -0.2) is 33.5 Å². The molecule has 0 radical (unpaired) electrons. The van der Waals surface area contributed by atoms with E-state index in [1.807, 2.05) is 12.1 Å². The smallest absolute Gasteiger partial charge is 0.124 e. The molecule has 1 heterocycles. The number of rotatable bonds is 6. The summed E-state index contributed by atoms with van der Waals surface area (Å²) in [6.07, 6.45) is 2.02. The first-order valence-corrected chi connectivity index (χ1v) is 6.84. The molecule has 1 N–H and O–H groups in total. The summed E-state index contributed by atoms with van der Waals surface area (Å²) >= 11 is 0. The molecule has 4 heteroatoms. The highest BCUT2D eigenvalue weighted by Gasteiger charge is 2.24. The molecule has 0 amide bonds. The summed E-state index contributed by atoms with van der Waals surface area (Å²) in [5.41, 5.74) is 1.18. The minimum Gasteiger partial charge on any atom is -0.497 e. The molecule has 1 aromatic rings. The third-order valence-electron chi connectivity index (χ3n) is 3.55. The molecule has 0 saturated carbocycles. The van der Waals surface area contributed by atoms with Crippen LogP contribution in [0.1, 0.15) is 31.4 Å². The van der Waals surface area contributed by atoms with Crippen molar-refractivity contribution in [3.05, 3.63) is 23.8 Å². The SMILES string of the molecule is CCC(COC)NC1CCOc2ccc(OC)cc21. The second-order valence-electron chi connectivity index (χ2n) is 4.82. The monoisotopic (exact) mass is 265 g/mol. The largest absolute Gasteiger partial charge is 0.497 e. The van der Waals surface area contributed by atoms with Crippen molar-refractivity contribution in [1.29, 1.82) is 0 Å². The summed E-state index contributed by atoms with van der Waals surface area (Å²) in [7, 11) is 3.43. The molecular formula is C15H23NO3. The van der Waals surface area contributed by atoms with Crippen LogP contribution in [0.4, 0.5) is 0 Å². The summed E-state index contributed by atoms with van der Waals surface area (Å²) in [4.78, 5) is 0. The standard InChI is InChI=1S/C15H23NO3/c1-4-11(10-17-2)16-14-7-8-19-15-6-5-12(18-3)9-13(14)15/h5-6,9,11,14,16H,4,7-8,10H2,1-3H3. The molecule has 0 spiro atoms. The predicted molar refractivity (Wildman–Crippen MR) is 74.9 cm³/mol. The summed E-state index contributed by atoms with van der Waals surface area (Å²) in [5.74, 6) is 1.83. The van der Waals surface area contributed by atoms with Gasteiger partial charge in [0.15, 0.2) is 0 Å². The third kappa shape index (κ3) is 3.39. The van der Waals surface area contributed by atoms with E-state index in [4.69, 9.17) is 14.2 Å². The lowest BCUT2D eigenvalue weighted by molar-refractivity contribution is 0.150.